The molecule has 0 aromatic heterocycles. The van der Waals surface area contributed by atoms with Crippen LogP contribution in [0.15, 0.2) is 60.7 Å². The summed E-state index contributed by atoms with van der Waals surface area (Å²) in [5, 5.41) is 6.19. The fourth-order valence-electron chi connectivity index (χ4n) is 9.55. The summed E-state index contributed by atoms with van der Waals surface area (Å²) in [7, 11) is 2.68. The van der Waals surface area contributed by atoms with Crippen molar-refractivity contribution in [1.29, 1.82) is 0 Å². The lowest BCUT2D eigenvalue weighted by Gasteiger charge is -2.40. The van der Waals surface area contributed by atoms with Gasteiger partial charge in [0.15, 0.2) is 0 Å². The lowest BCUT2D eigenvalue weighted by molar-refractivity contribution is -0.158. The van der Waals surface area contributed by atoms with E-state index < -0.39 is 47.9 Å². The average molecular weight is 771 g/mol. The monoisotopic (exact) mass is 770 g/mol. The molecule has 4 heterocycles. The molecule has 6 rings (SSSR count). The maximum Gasteiger partial charge on any atom is 0.328 e. The minimum atomic E-state index is -0.770. The van der Waals surface area contributed by atoms with Crippen LogP contribution in [0.2, 0.25) is 0 Å². The van der Waals surface area contributed by atoms with Crippen molar-refractivity contribution in [2.45, 2.75) is 139 Å². The molecule has 4 aliphatic heterocycles. The van der Waals surface area contributed by atoms with Gasteiger partial charge >= 0.3 is 11.9 Å². The Kier molecular flexibility index (Phi) is 14.2. The van der Waals surface area contributed by atoms with Gasteiger partial charge in [0.1, 0.15) is 24.2 Å². The number of carbonyl (C=O) groups excluding carboxylic acids is 6. The molecule has 8 atom stereocenters. The molecule has 4 amide bonds. The van der Waals surface area contributed by atoms with E-state index in [-0.39, 0.29) is 35.7 Å². The van der Waals surface area contributed by atoms with Gasteiger partial charge in [-0.05, 0) is 114 Å². The van der Waals surface area contributed by atoms with Crippen molar-refractivity contribution in [2.24, 2.45) is 11.8 Å². The van der Waals surface area contributed by atoms with Crippen LogP contribution in [-0.2, 0) is 51.1 Å². The largest absolute Gasteiger partial charge is 0.467 e. The highest BCUT2D eigenvalue weighted by Crippen LogP contribution is 2.33. The van der Waals surface area contributed by atoms with Crippen molar-refractivity contribution in [3.8, 4) is 0 Å². The lowest BCUT2D eigenvalue weighted by Crippen LogP contribution is -2.58. The molecule has 4 fully saturated rings. The molecule has 0 radical (unpaired) electrons. The number of hydrogen-bond donors (Lipinski definition) is 2. The Balaban J connectivity index is 1.20. The first-order valence-corrected chi connectivity index (χ1v) is 20.7. The van der Waals surface area contributed by atoms with Crippen LogP contribution < -0.4 is 10.6 Å². The maximum atomic E-state index is 14.3. The first-order chi connectivity index (χ1) is 27.2. The number of esters is 2. The van der Waals surface area contributed by atoms with Gasteiger partial charge in [-0.25, -0.2) is 9.59 Å². The molecule has 0 unspecified atom stereocenters. The summed E-state index contributed by atoms with van der Waals surface area (Å²) >= 11 is 0. The number of nitrogens with one attached hydrogen (secondary N) is 2. The predicted octanol–water partition coefficient (Wildman–Crippen LogP) is 4.67. The average Bonchev–Trinajstić information content (AvgIpc) is 3.48. The zero-order valence-electron chi connectivity index (χ0n) is 32.9. The van der Waals surface area contributed by atoms with Crippen molar-refractivity contribution in [1.82, 2.24) is 20.4 Å². The second-order valence-electron chi connectivity index (χ2n) is 16.1. The second-order valence-corrected chi connectivity index (χ2v) is 16.1. The number of carbonyl (C=O) groups is 6. The van der Waals surface area contributed by atoms with Crippen LogP contribution in [-0.4, -0.2) is 95.8 Å². The van der Waals surface area contributed by atoms with Gasteiger partial charge in [0.2, 0.25) is 23.6 Å². The molecule has 2 N–H and O–H groups in total. The van der Waals surface area contributed by atoms with Gasteiger partial charge in [0.05, 0.1) is 14.2 Å². The highest BCUT2D eigenvalue weighted by atomic mass is 16.5. The summed E-state index contributed by atoms with van der Waals surface area (Å²) in [4.78, 5) is 85.7. The quantitative estimate of drug-likeness (QED) is 0.279. The molecule has 4 aliphatic rings. The van der Waals surface area contributed by atoms with Crippen molar-refractivity contribution in [3.05, 3.63) is 71.8 Å². The maximum absolute atomic E-state index is 14.3. The van der Waals surface area contributed by atoms with Gasteiger partial charge in [-0.15, -0.1) is 0 Å². The molecule has 2 aromatic rings. The number of amides is 4. The van der Waals surface area contributed by atoms with Gasteiger partial charge < -0.3 is 29.9 Å². The Morgan fingerprint density at radius 1 is 0.571 bits per heavy atom. The second kappa shape index (κ2) is 19.4. The molecule has 4 saturated heterocycles. The fraction of sp³-hybridized carbons (Fsp3) is 0.591. The summed E-state index contributed by atoms with van der Waals surface area (Å²) in [6.07, 6.45) is 9.90. The molecule has 56 heavy (non-hydrogen) atoms. The van der Waals surface area contributed by atoms with Crippen LogP contribution in [0.4, 0.5) is 0 Å². The van der Waals surface area contributed by atoms with E-state index in [1.807, 2.05) is 60.7 Å². The zero-order chi connectivity index (χ0) is 39.6. The van der Waals surface area contributed by atoms with E-state index in [4.69, 9.17) is 9.47 Å². The van der Waals surface area contributed by atoms with Crippen molar-refractivity contribution in [2.75, 3.05) is 14.2 Å². The molecule has 0 spiro atoms. The molecule has 12 nitrogen and oxygen atoms in total. The number of rotatable bonds is 13. The number of benzene rings is 2. The third kappa shape index (κ3) is 9.79. The minimum absolute atomic E-state index is 0.0629. The van der Waals surface area contributed by atoms with Crippen LogP contribution in [0.5, 0.6) is 0 Å². The predicted molar refractivity (Wildman–Crippen MR) is 209 cm³/mol. The zero-order valence-corrected chi connectivity index (χ0v) is 32.9. The molecular weight excluding hydrogens is 713 g/mol. The molecule has 302 valence electrons. The first-order valence-electron chi connectivity index (χ1n) is 20.7. The van der Waals surface area contributed by atoms with Gasteiger partial charge in [-0.1, -0.05) is 60.7 Å². The summed E-state index contributed by atoms with van der Waals surface area (Å²) in [5.41, 5.74) is 1.93. The van der Waals surface area contributed by atoms with Crippen LogP contribution in [0.1, 0.15) is 101 Å². The summed E-state index contributed by atoms with van der Waals surface area (Å²) in [5.74, 6) is -2.97. The fourth-order valence-corrected chi connectivity index (χ4v) is 9.55. The Hall–Kier alpha value is -4.74. The highest BCUT2D eigenvalue weighted by Gasteiger charge is 2.45. The molecule has 0 aliphatic carbocycles. The number of hydrogen-bond acceptors (Lipinski definition) is 8. The van der Waals surface area contributed by atoms with E-state index in [1.165, 1.54) is 14.2 Å². The van der Waals surface area contributed by atoms with Crippen LogP contribution in [0.25, 0.3) is 0 Å². The smallest absolute Gasteiger partial charge is 0.328 e. The van der Waals surface area contributed by atoms with Crippen molar-refractivity contribution >= 4 is 35.6 Å². The van der Waals surface area contributed by atoms with Crippen molar-refractivity contribution < 1.29 is 38.2 Å². The number of ether oxygens (including phenoxy) is 2. The van der Waals surface area contributed by atoms with E-state index in [0.29, 0.717) is 51.4 Å². The van der Waals surface area contributed by atoms with Crippen LogP contribution in [0.3, 0.4) is 0 Å². The number of nitrogens with zero attached hydrogens (tertiary/aromatic N) is 2. The van der Waals surface area contributed by atoms with Crippen LogP contribution in [0, 0.1) is 11.8 Å². The third-order valence-corrected chi connectivity index (χ3v) is 12.5. The number of piperidine rings is 2. The molecule has 0 saturated carbocycles. The Morgan fingerprint density at radius 2 is 0.929 bits per heavy atom. The van der Waals surface area contributed by atoms with Gasteiger partial charge in [-0.2, -0.15) is 0 Å². The van der Waals surface area contributed by atoms with Crippen LogP contribution >= 0.6 is 0 Å². The number of methoxy groups -OCH3 is 2. The normalized spacial score (nSPS) is 26.3. The standard InChI is InChI=1S/C44H58N4O8/c1-55-43(53)37-23-11-19-33-17-9-21-35(41(51)47(33)37)45-39(49)31(27-29-13-5-3-6-14-29)25-26-32(28-30-15-7-4-8-16-30)40(50)46-36-22-10-18-34-20-12-24-38(44(54)56-2)48(34)42(36)52/h3-8,13-16,31-38H,9-12,17-28H2,1-2H3,(H,45,49)(H,46,50)/t31-,32-,33+,34+,35+,36+,37+,38+/m1/s1. The Morgan fingerprint density at radius 3 is 1.29 bits per heavy atom. The van der Waals surface area contributed by atoms with E-state index >= 15 is 0 Å². The highest BCUT2D eigenvalue weighted by molar-refractivity contribution is 5.93. The summed E-state index contributed by atoms with van der Waals surface area (Å²) in [6.45, 7) is 0. The van der Waals surface area contributed by atoms with E-state index in [0.717, 1.165) is 62.5 Å². The van der Waals surface area contributed by atoms with Gasteiger partial charge in [-0.3, -0.25) is 19.2 Å². The topological polar surface area (TPSA) is 151 Å². The molecular formula is C44H58N4O8. The van der Waals surface area contributed by atoms with E-state index in [9.17, 15) is 28.8 Å². The molecule has 2 aromatic carbocycles. The SMILES string of the molecule is COC(=O)[C@@H]1CCC[C@@H]2CCC[C@H](NC(=O)[C@H](CC[C@H](Cc3ccccc3)C(=O)N[C@H]3CCC[C@H]4CCC[C@@H](C(=O)OC)N4C3=O)Cc3ccccc3)C(=O)N21. The van der Waals surface area contributed by atoms with Gasteiger partial charge in [0.25, 0.3) is 0 Å². The van der Waals surface area contributed by atoms with E-state index in [1.54, 1.807) is 9.80 Å². The summed E-state index contributed by atoms with van der Waals surface area (Å²) < 4.78 is 10.1. The summed E-state index contributed by atoms with van der Waals surface area (Å²) in [6, 6.07) is 16.4. The third-order valence-electron chi connectivity index (χ3n) is 12.5. The van der Waals surface area contributed by atoms with E-state index in [2.05, 4.69) is 10.6 Å². The molecule has 0 bridgehead atoms. The first kappa shape index (κ1) is 40.9. The van der Waals surface area contributed by atoms with Gasteiger partial charge in [0, 0.05) is 23.9 Å². The Labute approximate surface area is 330 Å². The Bertz CT molecular complexity index is 1560. The van der Waals surface area contributed by atoms with Crippen molar-refractivity contribution in [3.63, 3.8) is 0 Å². The lowest BCUT2D eigenvalue weighted by atomic mass is 9.86. The minimum Gasteiger partial charge on any atom is -0.467 e. The molecule has 12 heteroatoms. The number of fused-ring (bicyclic) bond motifs is 2.